The number of rotatable bonds is 7. The van der Waals surface area contributed by atoms with Crippen LogP contribution in [0.25, 0.3) is 28.1 Å². The summed E-state index contributed by atoms with van der Waals surface area (Å²) in [6.07, 6.45) is 7.10. The Labute approximate surface area is 308 Å². The van der Waals surface area contributed by atoms with Gasteiger partial charge in [-0.25, -0.2) is 23.7 Å². The molecule has 5 aromatic rings. The molecule has 15 heteroatoms. The second kappa shape index (κ2) is 13.5. The molecule has 0 radical (unpaired) electrons. The second-order valence-electron chi connectivity index (χ2n) is 14.5. The molecular weight excluding hydrogens is 696 g/mol. The van der Waals surface area contributed by atoms with Crippen molar-refractivity contribution < 1.29 is 28.0 Å². The summed E-state index contributed by atoms with van der Waals surface area (Å²) in [4.78, 5) is 72.1. The van der Waals surface area contributed by atoms with Gasteiger partial charge in [-0.3, -0.25) is 38.7 Å². The molecule has 276 valence electrons. The highest BCUT2D eigenvalue weighted by atomic mass is 19.2. The monoisotopic (exact) mass is 733 g/mol. The fourth-order valence-electron chi connectivity index (χ4n) is 8.18. The van der Waals surface area contributed by atoms with Crippen LogP contribution in [0.4, 0.5) is 20.3 Å². The Morgan fingerprint density at radius 2 is 1.56 bits per heavy atom. The molecule has 2 aromatic carbocycles. The van der Waals surface area contributed by atoms with E-state index in [1.807, 2.05) is 24.3 Å². The lowest BCUT2D eigenvalue weighted by Crippen LogP contribution is -2.54. The average molecular weight is 734 g/mol. The molecular formula is C39H37F2N9O4. The van der Waals surface area contributed by atoms with Crippen LogP contribution < -0.4 is 15.1 Å². The number of imidazole rings is 1. The lowest BCUT2D eigenvalue weighted by molar-refractivity contribution is -0.136. The summed E-state index contributed by atoms with van der Waals surface area (Å²) in [5, 5.41) is 2.24. The molecule has 0 bridgehead atoms. The number of benzene rings is 2. The lowest BCUT2D eigenvalue weighted by atomic mass is 9.93. The van der Waals surface area contributed by atoms with E-state index in [0.717, 1.165) is 99.2 Å². The number of amides is 4. The zero-order valence-corrected chi connectivity index (χ0v) is 29.4. The van der Waals surface area contributed by atoms with Crippen LogP contribution in [0, 0.1) is 17.6 Å². The maximum atomic E-state index is 13.8. The molecule has 4 aliphatic rings. The molecule has 7 heterocycles. The summed E-state index contributed by atoms with van der Waals surface area (Å²) >= 11 is 0. The van der Waals surface area contributed by atoms with Crippen molar-refractivity contribution in [1.29, 1.82) is 0 Å². The van der Waals surface area contributed by atoms with Crippen molar-refractivity contribution in [3.05, 3.63) is 83.7 Å². The number of piperazine rings is 1. The van der Waals surface area contributed by atoms with Crippen LogP contribution in [0.3, 0.4) is 0 Å². The fourth-order valence-corrected chi connectivity index (χ4v) is 8.18. The number of carbonyl (C=O) groups is 4. The average Bonchev–Trinajstić information content (AvgIpc) is 3.66. The maximum absolute atomic E-state index is 13.8. The van der Waals surface area contributed by atoms with Gasteiger partial charge in [0.25, 0.3) is 11.8 Å². The molecule has 3 saturated heterocycles. The van der Waals surface area contributed by atoms with Crippen molar-refractivity contribution in [3.8, 4) is 11.3 Å². The molecule has 54 heavy (non-hydrogen) atoms. The largest absolute Gasteiger partial charge is 0.369 e. The van der Waals surface area contributed by atoms with Gasteiger partial charge in [0.05, 0.1) is 27.9 Å². The van der Waals surface area contributed by atoms with Crippen molar-refractivity contribution in [2.24, 2.45) is 5.92 Å². The summed E-state index contributed by atoms with van der Waals surface area (Å²) in [7, 11) is 0. The van der Waals surface area contributed by atoms with Gasteiger partial charge in [0, 0.05) is 81.5 Å². The van der Waals surface area contributed by atoms with E-state index in [-0.39, 0.29) is 12.8 Å². The third kappa shape index (κ3) is 6.11. The predicted molar refractivity (Wildman–Crippen MR) is 195 cm³/mol. The van der Waals surface area contributed by atoms with Gasteiger partial charge in [0.2, 0.25) is 17.6 Å². The standard InChI is InChI=1S/C39H37F2N9O4/c40-28-20-31-33(21-29(28)41)49-14-10-30(43-39(49)44-31)24-1-5-34(42-22-24)48-12-8-23(9-13-48)7-11-46-15-17-47(18-16-46)25-2-3-26-27(19-25)38(54)50(37(26)53)32-4-6-35(51)45-36(32)52/h1-3,5,10,14,19-23,32H,4,6-9,11-13,15-18H2,(H,45,51,52). The number of nitrogens with one attached hydrogen (secondary N) is 1. The minimum absolute atomic E-state index is 0.0911. The molecule has 9 rings (SSSR count). The van der Waals surface area contributed by atoms with Gasteiger partial charge < -0.3 is 9.80 Å². The molecule has 0 saturated carbocycles. The number of hydrogen-bond donors (Lipinski definition) is 1. The number of nitrogens with zero attached hydrogens (tertiary/aromatic N) is 8. The van der Waals surface area contributed by atoms with Gasteiger partial charge >= 0.3 is 0 Å². The van der Waals surface area contributed by atoms with Crippen LogP contribution >= 0.6 is 0 Å². The van der Waals surface area contributed by atoms with Crippen LogP contribution in [0.1, 0.15) is 52.8 Å². The zero-order valence-electron chi connectivity index (χ0n) is 29.4. The van der Waals surface area contributed by atoms with E-state index in [2.05, 4.69) is 30.0 Å². The first-order valence-electron chi connectivity index (χ1n) is 18.4. The van der Waals surface area contributed by atoms with Crippen molar-refractivity contribution >= 4 is 51.9 Å². The number of carbonyl (C=O) groups excluding carboxylic acids is 4. The summed E-state index contributed by atoms with van der Waals surface area (Å²) in [5.41, 5.74) is 3.78. The van der Waals surface area contributed by atoms with E-state index < -0.39 is 41.3 Å². The van der Waals surface area contributed by atoms with Gasteiger partial charge in [0.1, 0.15) is 11.9 Å². The number of pyridine rings is 1. The quantitative estimate of drug-likeness (QED) is 0.244. The Bertz CT molecular complexity index is 2330. The van der Waals surface area contributed by atoms with Crippen molar-refractivity contribution in [1.82, 2.24) is 34.5 Å². The van der Waals surface area contributed by atoms with Crippen LogP contribution in [-0.2, 0) is 9.59 Å². The Hall–Kier alpha value is -5.83. The van der Waals surface area contributed by atoms with E-state index in [0.29, 0.717) is 39.5 Å². The molecule has 1 unspecified atom stereocenters. The van der Waals surface area contributed by atoms with Crippen LogP contribution in [0.2, 0.25) is 0 Å². The molecule has 1 atom stereocenters. The predicted octanol–water partition coefficient (Wildman–Crippen LogP) is 4.05. The van der Waals surface area contributed by atoms with Crippen molar-refractivity contribution in [2.75, 3.05) is 55.6 Å². The summed E-state index contributed by atoms with van der Waals surface area (Å²) in [6.45, 7) is 6.30. The third-order valence-electron chi connectivity index (χ3n) is 11.3. The molecule has 0 aliphatic carbocycles. The zero-order chi connectivity index (χ0) is 37.1. The molecule has 3 aromatic heterocycles. The molecule has 1 N–H and O–H groups in total. The summed E-state index contributed by atoms with van der Waals surface area (Å²) < 4.78 is 29.2. The van der Waals surface area contributed by atoms with Crippen LogP contribution in [0.5, 0.6) is 0 Å². The fraction of sp³-hybridized carbons (Fsp3) is 0.359. The number of fused-ring (bicyclic) bond motifs is 4. The summed E-state index contributed by atoms with van der Waals surface area (Å²) in [6, 6.07) is 12.4. The van der Waals surface area contributed by atoms with E-state index in [4.69, 9.17) is 4.98 Å². The first-order chi connectivity index (χ1) is 26.2. The number of piperidine rings is 2. The Morgan fingerprint density at radius 3 is 2.31 bits per heavy atom. The van der Waals surface area contributed by atoms with Gasteiger partial charge in [-0.05, 0) is 74.5 Å². The first kappa shape index (κ1) is 34.0. The minimum atomic E-state index is -0.972. The van der Waals surface area contributed by atoms with E-state index >= 15 is 0 Å². The third-order valence-corrected chi connectivity index (χ3v) is 11.3. The molecule has 4 amide bonds. The first-order valence-corrected chi connectivity index (χ1v) is 18.4. The molecule has 4 aliphatic heterocycles. The van der Waals surface area contributed by atoms with Gasteiger partial charge in [-0.15, -0.1) is 0 Å². The number of imide groups is 2. The SMILES string of the molecule is O=C1CCC(N2C(=O)c3ccc(N4CCN(CCC5CCN(c6ccc(-c7ccn8c(n7)nc7cc(F)c(F)cc78)cn6)CC5)CC4)cc3C2=O)C(=O)N1. The Kier molecular flexibility index (Phi) is 8.52. The normalized spacial score (nSPS) is 20.0. The van der Waals surface area contributed by atoms with Gasteiger partial charge in [-0.1, -0.05) is 0 Å². The van der Waals surface area contributed by atoms with E-state index in [1.165, 1.54) is 0 Å². The van der Waals surface area contributed by atoms with E-state index in [1.54, 1.807) is 28.9 Å². The lowest BCUT2D eigenvalue weighted by Gasteiger charge is -2.38. The van der Waals surface area contributed by atoms with E-state index in [9.17, 15) is 28.0 Å². The molecule has 0 spiro atoms. The van der Waals surface area contributed by atoms with Crippen LogP contribution in [-0.4, -0.2) is 105 Å². The number of halogens is 2. The maximum Gasteiger partial charge on any atom is 0.262 e. The van der Waals surface area contributed by atoms with Gasteiger partial charge in [-0.2, -0.15) is 0 Å². The van der Waals surface area contributed by atoms with Crippen molar-refractivity contribution in [2.45, 2.75) is 38.1 Å². The Balaban J connectivity index is 0.748. The highest BCUT2D eigenvalue weighted by Gasteiger charge is 2.44. The number of aromatic nitrogens is 4. The Morgan fingerprint density at radius 1 is 0.778 bits per heavy atom. The highest BCUT2D eigenvalue weighted by Crippen LogP contribution is 2.32. The minimum Gasteiger partial charge on any atom is -0.369 e. The second-order valence-corrected chi connectivity index (χ2v) is 14.5. The number of anilines is 2. The topological polar surface area (TPSA) is 136 Å². The van der Waals surface area contributed by atoms with Gasteiger partial charge in [0.15, 0.2) is 11.6 Å². The smallest absolute Gasteiger partial charge is 0.262 e. The highest BCUT2D eigenvalue weighted by molar-refractivity contribution is 6.23. The molecule has 3 fully saturated rings. The van der Waals surface area contributed by atoms with Crippen molar-refractivity contribution in [3.63, 3.8) is 0 Å². The molecule has 13 nitrogen and oxygen atoms in total. The van der Waals surface area contributed by atoms with Crippen LogP contribution in [0.15, 0.2) is 60.9 Å². The number of hydrogen-bond acceptors (Lipinski definition) is 10. The summed E-state index contributed by atoms with van der Waals surface area (Å²) in [5.74, 6) is -1.93.